The fourth-order valence-corrected chi connectivity index (χ4v) is 2.22. The number of aliphatic hydroxyl groups is 1. The van der Waals surface area contributed by atoms with Crippen LogP contribution < -0.4 is 0 Å². The summed E-state index contributed by atoms with van der Waals surface area (Å²) in [6, 6.07) is 17.9. The summed E-state index contributed by atoms with van der Waals surface area (Å²) in [5.41, 5.74) is 1.29. The Balaban J connectivity index is 0.000000337. The maximum atomic E-state index is 11.6. The first kappa shape index (κ1) is 22.1. The first-order chi connectivity index (χ1) is 13.0. The van der Waals surface area contributed by atoms with Crippen LogP contribution in [0.5, 0.6) is 0 Å². The van der Waals surface area contributed by atoms with Crippen LogP contribution in [0, 0.1) is 5.92 Å². The lowest BCUT2D eigenvalue weighted by molar-refractivity contribution is -0.146. The molecule has 5 heteroatoms. The molecule has 0 amide bonds. The predicted octanol–water partition coefficient (Wildman–Crippen LogP) is 4.03. The van der Waals surface area contributed by atoms with Gasteiger partial charge in [0.15, 0.2) is 0 Å². The summed E-state index contributed by atoms with van der Waals surface area (Å²) in [7, 11) is 0. The molecular weight excluding hydrogens is 344 g/mol. The van der Waals surface area contributed by atoms with E-state index >= 15 is 0 Å². The Morgan fingerprint density at radius 1 is 1.04 bits per heavy atom. The van der Waals surface area contributed by atoms with Crippen molar-refractivity contribution < 1.29 is 24.5 Å². The van der Waals surface area contributed by atoms with Crippen LogP contribution in [0.4, 0.5) is 0 Å². The van der Waals surface area contributed by atoms with Crippen molar-refractivity contribution in [1.82, 2.24) is 0 Å². The lowest BCUT2D eigenvalue weighted by Crippen LogP contribution is -2.26. The van der Waals surface area contributed by atoms with Gasteiger partial charge in [-0.1, -0.05) is 62.4 Å². The van der Waals surface area contributed by atoms with E-state index in [4.69, 9.17) is 14.9 Å². The van der Waals surface area contributed by atoms with Gasteiger partial charge in [-0.3, -0.25) is 0 Å². The van der Waals surface area contributed by atoms with Crippen LogP contribution in [0.15, 0.2) is 66.7 Å². The monoisotopic (exact) mass is 370 g/mol. The van der Waals surface area contributed by atoms with Crippen molar-refractivity contribution in [2.75, 3.05) is 6.61 Å². The number of esters is 1. The number of carbonyl (C=O) groups excluding carboxylic acids is 1. The zero-order valence-electron chi connectivity index (χ0n) is 15.6. The summed E-state index contributed by atoms with van der Waals surface area (Å²) in [5.74, 6) is -1.29. The van der Waals surface area contributed by atoms with Crippen molar-refractivity contribution in [3.63, 3.8) is 0 Å². The first-order valence-corrected chi connectivity index (χ1v) is 8.80. The maximum absolute atomic E-state index is 11.6. The molecule has 2 rings (SSSR count). The molecule has 144 valence electrons. The molecule has 0 fully saturated rings. The molecule has 0 heterocycles. The fraction of sp³-hybridized carbons (Fsp3) is 0.273. The Morgan fingerprint density at radius 3 is 2.04 bits per heavy atom. The van der Waals surface area contributed by atoms with Crippen LogP contribution in [0.2, 0.25) is 0 Å². The summed E-state index contributed by atoms with van der Waals surface area (Å²) in [4.78, 5) is 21.8. The molecule has 0 bridgehead atoms. The third kappa shape index (κ3) is 8.83. The number of aliphatic hydroxyl groups excluding tert-OH is 1. The van der Waals surface area contributed by atoms with Crippen LogP contribution in [0.3, 0.4) is 0 Å². The minimum absolute atomic E-state index is 0.0220. The van der Waals surface area contributed by atoms with Gasteiger partial charge in [-0.2, -0.15) is 0 Å². The second kappa shape index (κ2) is 12.4. The molecule has 0 aliphatic carbocycles. The molecule has 0 aliphatic heterocycles. The van der Waals surface area contributed by atoms with Crippen LogP contribution >= 0.6 is 0 Å². The second-order valence-corrected chi connectivity index (χ2v) is 5.96. The van der Waals surface area contributed by atoms with E-state index in [1.54, 1.807) is 36.4 Å². The van der Waals surface area contributed by atoms with E-state index in [0.717, 1.165) is 5.56 Å². The smallest absolute Gasteiger partial charge is 0.335 e. The fourth-order valence-electron chi connectivity index (χ4n) is 2.22. The predicted molar refractivity (Wildman–Crippen MR) is 105 cm³/mol. The van der Waals surface area contributed by atoms with Crippen LogP contribution in [0.25, 0.3) is 6.08 Å². The van der Waals surface area contributed by atoms with Crippen molar-refractivity contribution in [2.45, 2.75) is 26.4 Å². The van der Waals surface area contributed by atoms with Crippen LogP contribution in [-0.4, -0.2) is 34.9 Å². The number of carboxylic acids is 1. The Bertz CT molecular complexity index is 710. The molecular formula is C22H26O5. The topological polar surface area (TPSA) is 83.8 Å². The lowest BCUT2D eigenvalue weighted by Gasteiger charge is -2.20. The number of rotatable bonds is 7. The van der Waals surface area contributed by atoms with Gasteiger partial charge < -0.3 is 14.9 Å². The van der Waals surface area contributed by atoms with Crippen molar-refractivity contribution in [1.29, 1.82) is 0 Å². The lowest BCUT2D eigenvalue weighted by atomic mass is 10.0. The number of aromatic carboxylic acids is 1. The number of ether oxygens (including phenoxy) is 1. The molecule has 5 nitrogen and oxygen atoms in total. The van der Waals surface area contributed by atoms with Gasteiger partial charge in [0.25, 0.3) is 0 Å². The molecule has 0 aliphatic rings. The quantitative estimate of drug-likeness (QED) is 0.568. The summed E-state index contributed by atoms with van der Waals surface area (Å²) < 4.78 is 5.29. The zero-order valence-corrected chi connectivity index (χ0v) is 15.6. The molecule has 0 aromatic heterocycles. The van der Waals surface area contributed by atoms with Crippen molar-refractivity contribution in [3.05, 3.63) is 77.9 Å². The standard InChI is InChI=1S/C15H20O3.C7H6O2/c1-3-14(12(2)11-16)18-15(17)10-9-13-7-5-4-6-8-13;8-7(9)6-4-2-1-3-5-6/h4-10,12,14,16H,3,11H2,1-2H3;1-5H,(H,8,9). The molecule has 27 heavy (non-hydrogen) atoms. The molecule has 0 spiro atoms. The first-order valence-electron chi connectivity index (χ1n) is 8.80. The summed E-state index contributed by atoms with van der Waals surface area (Å²) in [6.07, 6.45) is 3.61. The number of carboxylic acid groups (broad SMARTS) is 1. The molecule has 0 radical (unpaired) electrons. The van der Waals surface area contributed by atoms with E-state index < -0.39 is 5.97 Å². The molecule has 2 unspecified atom stereocenters. The molecule has 2 atom stereocenters. The number of hydrogen-bond acceptors (Lipinski definition) is 4. The van der Waals surface area contributed by atoms with Gasteiger partial charge in [0.2, 0.25) is 0 Å². The number of carbonyl (C=O) groups is 2. The average Bonchev–Trinajstić information content (AvgIpc) is 2.71. The van der Waals surface area contributed by atoms with Crippen molar-refractivity contribution in [2.24, 2.45) is 5.92 Å². The summed E-state index contributed by atoms with van der Waals surface area (Å²) in [6.45, 7) is 3.82. The molecule has 0 saturated heterocycles. The second-order valence-electron chi connectivity index (χ2n) is 5.96. The molecule has 0 saturated carbocycles. The van der Waals surface area contributed by atoms with Crippen LogP contribution in [-0.2, 0) is 9.53 Å². The SMILES string of the molecule is CCC(OC(=O)C=Cc1ccccc1)C(C)CO.O=C(O)c1ccccc1. The highest BCUT2D eigenvalue weighted by Gasteiger charge is 2.17. The highest BCUT2D eigenvalue weighted by molar-refractivity contribution is 5.87. The normalized spacial score (nSPS) is 12.6. The third-order valence-electron chi connectivity index (χ3n) is 3.82. The average molecular weight is 370 g/mol. The van der Waals surface area contributed by atoms with Crippen molar-refractivity contribution in [3.8, 4) is 0 Å². The van der Waals surface area contributed by atoms with Gasteiger partial charge in [0.05, 0.1) is 5.56 Å². The Hall–Kier alpha value is -2.92. The van der Waals surface area contributed by atoms with E-state index in [-0.39, 0.29) is 24.6 Å². The Labute approximate surface area is 159 Å². The molecule has 2 aromatic rings. The van der Waals surface area contributed by atoms with E-state index in [2.05, 4.69) is 0 Å². The minimum atomic E-state index is -0.879. The van der Waals surface area contributed by atoms with Crippen LogP contribution in [0.1, 0.15) is 36.2 Å². The highest BCUT2D eigenvalue weighted by atomic mass is 16.5. The third-order valence-corrected chi connectivity index (χ3v) is 3.82. The Kier molecular flexibility index (Phi) is 10.2. The molecule has 2 N–H and O–H groups in total. The van der Waals surface area contributed by atoms with E-state index in [1.165, 1.54) is 6.08 Å². The Morgan fingerprint density at radius 2 is 1.59 bits per heavy atom. The van der Waals surface area contributed by atoms with E-state index in [0.29, 0.717) is 12.0 Å². The minimum Gasteiger partial charge on any atom is -0.478 e. The van der Waals surface area contributed by atoms with Gasteiger partial charge in [-0.25, -0.2) is 9.59 Å². The summed E-state index contributed by atoms with van der Waals surface area (Å²) in [5, 5.41) is 17.4. The maximum Gasteiger partial charge on any atom is 0.335 e. The van der Waals surface area contributed by atoms with Gasteiger partial charge in [-0.05, 0) is 30.2 Å². The van der Waals surface area contributed by atoms with Gasteiger partial charge in [-0.15, -0.1) is 0 Å². The van der Waals surface area contributed by atoms with Gasteiger partial charge >= 0.3 is 11.9 Å². The zero-order chi connectivity index (χ0) is 20.1. The highest BCUT2D eigenvalue weighted by Crippen LogP contribution is 2.11. The van der Waals surface area contributed by atoms with Gasteiger partial charge in [0.1, 0.15) is 6.10 Å². The van der Waals surface area contributed by atoms with E-state index in [1.807, 2.05) is 44.2 Å². The van der Waals surface area contributed by atoms with Crippen molar-refractivity contribution >= 4 is 18.0 Å². The number of benzene rings is 2. The van der Waals surface area contributed by atoms with Gasteiger partial charge in [0, 0.05) is 18.6 Å². The summed E-state index contributed by atoms with van der Waals surface area (Å²) >= 11 is 0. The number of hydrogen-bond donors (Lipinski definition) is 2. The molecule has 2 aromatic carbocycles. The largest absolute Gasteiger partial charge is 0.478 e. The van der Waals surface area contributed by atoms with E-state index in [9.17, 15) is 9.59 Å².